The lowest BCUT2D eigenvalue weighted by molar-refractivity contribution is 0.445. The van der Waals surface area contributed by atoms with E-state index in [0.717, 1.165) is 28.6 Å². The molecular weight excluding hydrogens is 417 g/mol. The minimum atomic E-state index is -0.757. The quantitative estimate of drug-likeness (QED) is 0.486. The van der Waals surface area contributed by atoms with Crippen LogP contribution in [0.3, 0.4) is 0 Å². The molecule has 1 aliphatic rings. The van der Waals surface area contributed by atoms with Gasteiger partial charge >= 0.3 is 5.63 Å². The molecule has 1 aliphatic heterocycles. The summed E-state index contributed by atoms with van der Waals surface area (Å²) >= 11 is 0.923. The molecule has 5 rings (SSSR count). The Morgan fingerprint density at radius 3 is 2.48 bits per heavy atom. The lowest BCUT2D eigenvalue weighted by Gasteiger charge is -2.20. The topological polar surface area (TPSA) is 72.4 Å². The van der Waals surface area contributed by atoms with E-state index < -0.39 is 28.2 Å². The smallest absolute Gasteiger partial charge is 0.354 e. The van der Waals surface area contributed by atoms with E-state index in [1.807, 2.05) is 39.0 Å². The van der Waals surface area contributed by atoms with E-state index in [0.29, 0.717) is 10.6 Å². The second-order valence-corrected chi connectivity index (χ2v) is 9.26. The van der Waals surface area contributed by atoms with Crippen molar-refractivity contribution >= 4 is 22.7 Å². The molecule has 0 saturated carbocycles. The maximum Gasteiger partial charge on any atom is 0.354 e. The van der Waals surface area contributed by atoms with Crippen LogP contribution in [-0.4, -0.2) is 9.67 Å². The van der Waals surface area contributed by atoms with Gasteiger partial charge in [0.2, 0.25) is 0 Å². The van der Waals surface area contributed by atoms with Crippen LogP contribution in [-0.2, 0) is 5.41 Å². The molecule has 1 N–H and O–H groups in total. The Labute approximate surface area is 180 Å². The van der Waals surface area contributed by atoms with Gasteiger partial charge in [-0.15, -0.1) is 0 Å². The monoisotopic (exact) mass is 435 g/mol. The van der Waals surface area contributed by atoms with Gasteiger partial charge in [-0.1, -0.05) is 43.3 Å². The van der Waals surface area contributed by atoms with E-state index in [9.17, 15) is 19.1 Å². The van der Waals surface area contributed by atoms with Crippen LogP contribution in [0.4, 0.5) is 4.39 Å². The van der Waals surface area contributed by atoms with Crippen LogP contribution in [0.2, 0.25) is 0 Å². The zero-order chi connectivity index (χ0) is 22.1. The summed E-state index contributed by atoms with van der Waals surface area (Å²) in [5, 5.41) is 10.9. The molecule has 0 spiro atoms. The number of aryl methyl sites for hydroxylation is 1. The highest BCUT2D eigenvalue weighted by molar-refractivity contribution is 7.99. The van der Waals surface area contributed by atoms with Crippen molar-refractivity contribution in [2.45, 2.75) is 36.0 Å². The minimum Gasteiger partial charge on any atom is -0.505 e. The summed E-state index contributed by atoms with van der Waals surface area (Å²) in [5.74, 6) is -0.844. The molecular formula is C24H18FNO4S. The molecule has 2 aromatic carbocycles. The van der Waals surface area contributed by atoms with Crippen LogP contribution in [0.5, 0.6) is 5.75 Å². The molecule has 0 unspecified atom stereocenters. The summed E-state index contributed by atoms with van der Waals surface area (Å²) < 4.78 is 20.2. The van der Waals surface area contributed by atoms with Crippen molar-refractivity contribution in [3.05, 3.63) is 91.9 Å². The molecule has 0 aliphatic carbocycles. The van der Waals surface area contributed by atoms with Crippen molar-refractivity contribution in [1.29, 1.82) is 0 Å². The molecule has 2 aromatic heterocycles. The fourth-order valence-electron chi connectivity index (χ4n) is 4.14. The van der Waals surface area contributed by atoms with Gasteiger partial charge in [0.05, 0.1) is 5.69 Å². The molecule has 0 bridgehead atoms. The number of rotatable bonds is 2. The van der Waals surface area contributed by atoms with E-state index >= 15 is 0 Å². The largest absolute Gasteiger partial charge is 0.505 e. The van der Waals surface area contributed by atoms with Crippen LogP contribution >= 0.6 is 11.8 Å². The van der Waals surface area contributed by atoms with Crippen LogP contribution in [0.15, 0.2) is 72.3 Å². The van der Waals surface area contributed by atoms with Crippen molar-refractivity contribution in [3.63, 3.8) is 0 Å². The summed E-state index contributed by atoms with van der Waals surface area (Å²) in [5.41, 5.74) is 1.85. The van der Waals surface area contributed by atoms with Gasteiger partial charge in [0.25, 0.3) is 5.56 Å². The molecule has 0 fully saturated rings. The molecule has 31 heavy (non-hydrogen) atoms. The SMILES string of the molecule is Cc1ccc2c(c1)C(C)(C)c1cc3oc(=O)c(Sc4ccc(F)cc4)c(O)c3c(=O)n1-2. The third kappa shape index (κ3) is 2.84. The van der Waals surface area contributed by atoms with Crippen molar-refractivity contribution in [3.8, 4) is 11.4 Å². The summed E-state index contributed by atoms with van der Waals surface area (Å²) in [6.07, 6.45) is 0. The predicted octanol–water partition coefficient (Wildman–Crippen LogP) is 4.89. The number of benzene rings is 2. The number of fused-ring (bicyclic) bond motifs is 4. The highest BCUT2D eigenvalue weighted by Gasteiger charge is 2.38. The van der Waals surface area contributed by atoms with E-state index in [1.165, 1.54) is 24.3 Å². The first-order chi connectivity index (χ1) is 14.7. The second-order valence-electron chi connectivity index (χ2n) is 8.18. The molecule has 7 heteroatoms. The number of pyridine rings is 1. The second kappa shape index (κ2) is 6.59. The first kappa shape index (κ1) is 19.6. The number of aromatic nitrogens is 1. The summed E-state index contributed by atoms with van der Waals surface area (Å²) in [6, 6.07) is 13.0. The lowest BCUT2D eigenvalue weighted by atomic mass is 9.82. The summed E-state index contributed by atoms with van der Waals surface area (Å²) in [6.45, 7) is 6.00. The highest BCUT2D eigenvalue weighted by Crippen LogP contribution is 2.44. The Balaban J connectivity index is 1.79. The van der Waals surface area contributed by atoms with E-state index in [-0.39, 0.29) is 15.9 Å². The number of nitrogens with zero attached hydrogens (tertiary/aromatic N) is 1. The third-order valence-corrected chi connectivity index (χ3v) is 6.82. The average Bonchev–Trinajstić information content (AvgIpc) is 2.93. The van der Waals surface area contributed by atoms with Gasteiger partial charge in [0, 0.05) is 22.1 Å². The molecule has 0 atom stereocenters. The van der Waals surface area contributed by atoms with Crippen molar-refractivity contribution in [2.75, 3.05) is 0 Å². The van der Waals surface area contributed by atoms with Crippen LogP contribution < -0.4 is 11.2 Å². The molecule has 0 amide bonds. The normalized spacial score (nSPS) is 13.9. The van der Waals surface area contributed by atoms with Gasteiger partial charge in [0.1, 0.15) is 21.7 Å². The molecule has 3 heterocycles. The summed E-state index contributed by atoms with van der Waals surface area (Å²) in [7, 11) is 0. The Hall–Kier alpha value is -3.32. The van der Waals surface area contributed by atoms with Crippen LogP contribution in [0.25, 0.3) is 16.7 Å². The Kier molecular flexibility index (Phi) is 4.17. The molecule has 5 nitrogen and oxygen atoms in total. The van der Waals surface area contributed by atoms with Gasteiger partial charge < -0.3 is 9.52 Å². The minimum absolute atomic E-state index is 0.0415. The van der Waals surface area contributed by atoms with Crippen molar-refractivity contribution in [1.82, 2.24) is 4.57 Å². The Morgan fingerprint density at radius 1 is 1.06 bits per heavy atom. The molecule has 156 valence electrons. The van der Waals surface area contributed by atoms with Crippen LogP contribution in [0.1, 0.15) is 30.7 Å². The number of aromatic hydroxyl groups is 1. The number of halogens is 1. The first-order valence-electron chi connectivity index (χ1n) is 9.69. The zero-order valence-electron chi connectivity index (χ0n) is 17.0. The third-order valence-electron chi connectivity index (χ3n) is 5.75. The predicted molar refractivity (Wildman–Crippen MR) is 117 cm³/mol. The van der Waals surface area contributed by atoms with Crippen molar-refractivity contribution < 1.29 is 13.9 Å². The molecule has 0 radical (unpaired) electrons. The van der Waals surface area contributed by atoms with Crippen molar-refractivity contribution in [2.24, 2.45) is 0 Å². The maximum atomic E-state index is 13.5. The number of hydrogen-bond acceptors (Lipinski definition) is 5. The fourth-order valence-corrected chi connectivity index (χ4v) is 4.97. The number of hydrogen-bond donors (Lipinski definition) is 1. The molecule has 0 saturated heterocycles. The average molecular weight is 435 g/mol. The van der Waals surface area contributed by atoms with Crippen LogP contribution in [0, 0.1) is 12.7 Å². The lowest BCUT2D eigenvalue weighted by Crippen LogP contribution is -2.24. The fraction of sp³-hybridized carbons (Fsp3) is 0.167. The van der Waals surface area contributed by atoms with E-state index in [1.54, 1.807) is 10.6 Å². The van der Waals surface area contributed by atoms with Gasteiger partial charge in [-0.05, 0) is 42.8 Å². The van der Waals surface area contributed by atoms with E-state index in [4.69, 9.17) is 4.42 Å². The van der Waals surface area contributed by atoms with Gasteiger partial charge in [-0.3, -0.25) is 9.36 Å². The standard InChI is InChI=1S/C24H18FNO4S/c1-12-4-9-16-15(10-12)24(2,3)18-11-17-19(22(28)26(16)18)20(27)21(23(29)30-17)31-14-7-5-13(25)6-8-14/h4-11,27H,1-3H3. The first-order valence-corrected chi connectivity index (χ1v) is 10.5. The summed E-state index contributed by atoms with van der Waals surface area (Å²) in [4.78, 5) is 26.6. The Morgan fingerprint density at radius 2 is 1.77 bits per heavy atom. The maximum absolute atomic E-state index is 13.5. The van der Waals surface area contributed by atoms with Gasteiger partial charge in [-0.2, -0.15) is 0 Å². The van der Waals surface area contributed by atoms with Gasteiger partial charge in [0.15, 0.2) is 5.75 Å². The van der Waals surface area contributed by atoms with Gasteiger partial charge in [-0.25, -0.2) is 9.18 Å². The zero-order valence-corrected chi connectivity index (χ0v) is 17.8. The highest BCUT2D eigenvalue weighted by atomic mass is 32.2. The Bertz CT molecular complexity index is 1500. The molecule has 4 aromatic rings. The van der Waals surface area contributed by atoms with E-state index in [2.05, 4.69) is 0 Å².